The Labute approximate surface area is 185 Å². The fraction of sp³-hybridized carbons (Fsp3) is 0.600. The highest BCUT2D eigenvalue weighted by Crippen LogP contribution is 2.49. The number of anilines is 1. The summed E-state index contributed by atoms with van der Waals surface area (Å²) in [5, 5.41) is 8.19. The van der Waals surface area contributed by atoms with Crippen molar-refractivity contribution in [2.75, 3.05) is 32.2 Å². The van der Waals surface area contributed by atoms with E-state index in [-0.39, 0.29) is 25.7 Å². The van der Waals surface area contributed by atoms with Crippen LogP contribution in [0.3, 0.4) is 0 Å². The molecule has 1 saturated carbocycles. The number of carbonyl (C=O) groups is 1. The minimum Gasteiger partial charge on any atom is -0.330 e. The van der Waals surface area contributed by atoms with Crippen molar-refractivity contribution < 1.29 is 9.18 Å². The van der Waals surface area contributed by atoms with Crippen molar-refractivity contribution in [1.29, 1.82) is 0 Å². The summed E-state index contributed by atoms with van der Waals surface area (Å²) in [4.78, 5) is 18.4. The Bertz CT molecular complexity index is 922. The maximum Gasteiger partial charge on any atom is 0.323 e. The highest BCUT2D eigenvalue weighted by atomic mass is 32.1. The fourth-order valence-corrected chi connectivity index (χ4v) is 6.38. The minimum absolute atomic E-state index is 0.0204. The average Bonchev–Trinajstić information content (AvgIpc) is 3.43. The Morgan fingerprint density at radius 2 is 2.07 bits per heavy atom. The second-order valence-electron chi connectivity index (χ2n) is 8.67. The molecule has 2 amide bonds. The van der Waals surface area contributed by atoms with E-state index in [1.54, 1.807) is 34.0 Å². The summed E-state index contributed by atoms with van der Waals surface area (Å²) < 4.78 is 16.4. The number of nitrogens with one attached hydrogen (secondary N) is 1. The number of halogens is 1. The molecule has 10 heteroatoms. The largest absolute Gasteiger partial charge is 0.330 e. The van der Waals surface area contributed by atoms with Gasteiger partial charge < -0.3 is 5.32 Å². The fourth-order valence-electron chi connectivity index (χ4n) is 4.79. The first-order valence-corrected chi connectivity index (χ1v) is 13.1. The summed E-state index contributed by atoms with van der Waals surface area (Å²) in [7, 11) is 8.37. The molecule has 164 valence electrons. The SMILES string of the molecule is CPC(F)(P)c1cc(N2C[C@]3(CC[C@](c4cccs4)(N(C)C)CC3)NC2=O)n(C)n1. The zero-order chi connectivity index (χ0) is 21.7. The Balaban J connectivity index is 1.55. The Morgan fingerprint density at radius 1 is 1.37 bits per heavy atom. The van der Waals surface area contributed by atoms with Crippen LogP contribution in [0.1, 0.15) is 36.3 Å². The molecule has 1 aliphatic heterocycles. The molecule has 3 atom stereocenters. The van der Waals surface area contributed by atoms with Gasteiger partial charge in [0.2, 0.25) is 0 Å². The number of aryl methyl sites for hydroxylation is 1. The van der Waals surface area contributed by atoms with Crippen LogP contribution in [0, 0.1) is 0 Å². The molecule has 6 nitrogen and oxygen atoms in total. The van der Waals surface area contributed by atoms with Gasteiger partial charge in [-0.2, -0.15) is 5.10 Å². The molecule has 2 aromatic heterocycles. The van der Waals surface area contributed by atoms with Crippen molar-refractivity contribution in [2.45, 2.75) is 41.9 Å². The number of nitrogens with zero attached hydrogens (tertiary/aromatic N) is 4. The van der Waals surface area contributed by atoms with E-state index in [4.69, 9.17) is 0 Å². The third kappa shape index (κ3) is 3.60. The molecule has 3 unspecified atom stereocenters. The highest BCUT2D eigenvalue weighted by molar-refractivity contribution is 7.50. The molecular formula is C20H30FN5OP2S. The van der Waals surface area contributed by atoms with Crippen molar-refractivity contribution in [3.8, 4) is 0 Å². The summed E-state index contributed by atoms with van der Waals surface area (Å²) in [6.07, 6.45) is 3.79. The van der Waals surface area contributed by atoms with E-state index in [0.29, 0.717) is 18.1 Å². The van der Waals surface area contributed by atoms with Gasteiger partial charge in [0.25, 0.3) is 0 Å². The average molecular weight is 470 g/mol. The van der Waals surface area contributed by atoms with E-state index < -0.39 is 5.15 Å². The first-order valence-electron chi connectivity index (χ1n) is 10.1. The highest BCUT2D eigenvalue weighted by Gasteiger charge is 2.51. The van der Waals surface area contributed by atoms with Gasteiger partial charge in [-0.25, -0.2) is 9.18 Å². The van der Waals surface area contributed by atoms with Crippen molar-refractivity contribution in [1.82, 2.24) is 20.0 Å². The summed E-state index contributed by atoms with van der Waals surface area (Å²) in [5.74, 6) is 0.643. The smallest absolute Gasteiger partial charge is 0.323 e. The van der Waals surface area contributed by atoms with Gasteiger partial charge in [0.05, 0.1) is 17.6 Å². The van der Waals surface area contributed by atoms with Gasteiger partial charge in [0, 0.05) is 18.0 Å². The maximum atomic E-state index is 14.7. The minimum atomic E-state index is -1.55. The van der Waals surface area contributed by atoms with E-state index in [2.05, 4.69) is 56.2 Å². The van der Waals surface area contributed by atoms with Gasteiger partial charge in [-0.1, -0.05) is 23.9 Å². The number of aromatic nitrogens is 2. The quantitative estimate of drug-likeness (QED) is 0.673. The van der Waals surface area contributed by atoms with Crippen molar-refractivity contribution >= 4 is 41.0 Å². The van der Waals surface area contributed by atoms with Crippen LogP contribution in [0.25, 0.3) is 0 Å². The number of hydrogen-bond acceptors (Lipinski definition) is 4. The van der Waals surface area contributed by atoms with Gasteiger partial charge in [0.1, 0.15) is 11.5 Å². The molecule has 1 N–H and O–H groups in total. The van der Waals surface area contributed by atoms with E-state index in [1.807, 2.05) is 6.66 Å². The van der Waals surface area contributed by atoms with Crippen LogP contribution in [-0.2, 0) is 17.7 Å². The number of alkyl halides is 1. The molecule has 0 radical (unpaired) electrons. The van der Waals surface area contributed by atoms with E-state index in [9.17, 15) is 9.18 Å². The molecule has 0 bridgehead atoms. The van der Waals surface area contributed by atoms with Gasteiger partial charge >= 0.3 is 6.03 Å². The van der Waals surface area contributed by atoms with Crippen LogP contribution in [0.5, 0.6) is 0 Å². The molecule has 4 rings (SSSR count). The van der Waals surface area contributed by atoms with Crippen molar-refractivity contribution in [2.24, 2.45) is 7.05 Å². The zero-order valence-corrected chi connectivity index (χ0v) is 20.9. The van der Waals surface area contributed by atoms with Gasteiger partial charge in [-0.3, -0.25) is 14.5 Å². The zero-order valence-electron chi connectivity index (χ0n) is 17.9. The predicted octanol–water partition coefficient (Wildman–Crippen LogP) is 4.04. The molecule has 30 heavy (non-hydrogen) atoms. The van der Waals surface area contributed by atoms with Gasteiger partial charge in [0.15, 0.2) is 5.15 Å². The molecule has 0 aromatic carbocycles. The third-order valence-corrected chi connectivity index (χ3v) is 10.0. The summed E-state index contributed by atoms with van der Waals surface area (Å²) in [5.41, 5.74) is 0.123. The topological polar surface area (TPSA) is 53.4 Å². The molecule has 1 spiro atoms. The van der Waals surface area contributed by atoms with E-state index in [0.717, 1.165) is 25.7 Å². The summed E-state index contributed by atoms with van der Waals surface area (Å²) in [6, 6.07) is 5.92. The molecule has 1 aliphatic carbocycles. The molecule has 1 saturated heterocycles. The number of amides is 2. The molecule has 2 fully saturated rings. The predicted molar refractivity (Wildman–Crippen MR) is 127 cm³/mol. The molecule has 3 heterocycles. The van der Waals surface area contributed by atoms with Crippen LogP contribution in [0.2, 0.25) is 0 Å². The number of rotatable bonds is 5. The first-order chi connectivity index (χ1) is 14.1. The standard InChI is InChI=1S/C20H30FN5OP2S/c1-24(2)19(15-6-5-11-30-15)9-7-18(8-10-19)13-26(17(27)22-18)16-12-14(23-25(16)3)20(21,28)29-4/h5-6,11-12,29H,7-10,13,28H2,1-4H3,(H,22,27)/t18-,19+,20?. The van der Waals surface area contributed by atoms with Crippen molar-refractivity contribution in [3.05, 3.63) is 34.2 Å². The molecular weight excluding hydrogens is 439 g/mol. The van der Waals surface area contributed by atoms with Gasteiger partial charge in [-0.15, -0.1) is 11.3 Å². The number of hydrogen-bond donors (Lipinski definition) is 1. The maximum absolute atomic E-state index is 14.7. The first kappa shape index (κ1) is 22.1. The number of urea groups is 1. The molecule has 2 aromatic rings. The van der Waals surface area contributed by atoms with Gasteiger partial charge in [-0.05, 0) is 57.9 Å². The Kier molecular flexibility index (Phi) is 5.76. The lowest BCUT2D eigenvalue weighted by Crippen LogP contribution is -2.53. The lowest BCUT2D eigenvalue weighted by Gasteiger charge is -2.47. The van der Waals surface area contributed by atoms with Crippen LogP contribution < -0.4 is 10.2 Å². The van der Waals surface area contributed by atoms with Crippen LogP contribution in [0.15, 0.2) is 23.6 Å². The molecule has 2 aliphatic rings. The lowest BCUT2D eigenvalue weighted by atomic mass is 9.71. The van der Waals surface area contributed by atoms with Crippen LogP contribution in [0.4, 0.5) is 15.0 Å². The number of carbonyl (C=O) groups excluding carboxylic acids is 1. The normalized spacial score (nSPS) is 29.3. The van der Waals surface area contributed by atoms with Crippen molar-refractivity contribution in [3.63, 3.8) is 0 Å². The Hall–Kier alpha value is -1.07. The number of thiophene rings is 1. The van der Waals surface area contributed by atoms with Crippen LogP contribution in [-0.4, -0.2) is 53.6 Å². The second-order valence-corrected chi connectivity index (χ2v) is 12.2. The monoisotopic (exact) mass is 469 g/mol. The third-order valence-electron chi connectivity index (χ3n) is 6.82. The second kappa shape index (κ2) is 7.81. The lowest BCUT2D eigenvalue weighted by molar-refractivity contribution is 0.0689. The summed E-state index contributed by atoms with van der Waals surface area (Å²) >= 11 is 1.81. The van der Waals surface area contributed by atoms with E-state index >= 15 is 0 Å². The van der Waals surface area contributed by atoms with Crippen LogP contribution >= 0.6 is 29.2 Å². The van der Waals surface area contributed by atoms with E-state index in [1.165, 1.54) is 4.88 Å². The summed E-state index contributed by atoms with van der Waals surface area (Å²) in [6.45, 7) is 2.40. The Morgan fingerprint density at radius 3 is 2.63 bits per heavy atom.